The van der Waals surface area contributed by atoms with E-state index in [2.05, 4.69) is 20.8 Å². The third-order valence-electron chi connectivity index (χ3n) is 5.32. The van der Waals surface area contributed by atoms with Crippen LogP contribution in [-0.2, 0) is 11.3 Å². The van der Waals surface area contributed by atoms with Crippen molar-refractivity contribution in [3.63, 3.8) is 0 Å². The van der Waals surface area contributed by atoms with Crippen LogP contribution >= 0.6 is 11.8 Å². The predicted octanol–water partition coefficient (Wildman–Crippen LogP) is 4.16. The Labute approximate surface area is 208 Å². The molecule has 0 saturated carbocycles. The molecule has 1 atom stereocenters. The van der Waals surface area contributed by atoms with Crippen LogP contribution in [0, 0.1) is 12.8 Å². The van der Waals surface area contributed by atoms with Crippen molar-refractivity contribution in [2.45, 2.75) is 45.4 Å². The van der Waals surface area contributed by atoms with E-state index in [0.29, 0.717) is 28.8 Å². The number of thioether (sulfide) groups is 1. The average Bonchev–Trinajstić information content (AvgIpc) is 3.23. The van der Waals surface area contributed by atoms with E-state index in [-0.39, 0.29) is 35.1 Å². The third-order valence-corrected chi connectivity index (χ3v) is 6.29. The molecule has 0 saturated heterocycles. The molecule has 0 aliphatic rings. The summed E-state index contributed by atoms with van der Waals surface area (Å²) in [6, 6.07) is 13.0. The van der Waals surface area contributed by atoms with E-state index < -0.39 is 5.97 Å². The Morgan fingerprint density at radius 1 is 1.06 bits per heavy atom. The van der Waals surface area contributed by atoms with Crippen molar-refractivity contribution in [2.75, 3.05) is 11.1 Å². The lowest BCUT2D eigenvalue weighted by molar-refractivity contribution is -0.113. The zero-order chi connectivity index (χ0) is 25.5. The van der Waals surface area contributed by atoms with Crippen LogP contribution in [0.2, 0.25) is 0 Å². The summed E-state index contributed by atoms with van der Waals surface area (Å²) < 4.78 is 1.90. The summed E-state index contributed by atoms with van der Waals surface area (Å²) >= 11 is 1.24. The fourth-order valence-electron chi connectivity index (χ4n) is 3.50. The maximum atomic E-state index is 12.9. The molecule has 3 aromatic rings. The number of carbonyl (C=O) groups excluding carboxylic acids is 2. The van der Waals surface area contributed by atoms with Crippen molar-refractivity contribution < 1.29 is 19.5 Å². The number of aromatic carboxylic acids is 1. The van der Waals surface area contributed by atoms with Gasteiger partial charge in [0.1, 0.15) is 0 Å². The molecule has 0 unspecified atom stereocenters. The predicted molar refractivity (Wildman–Crippen MR) is 135 cm³/mol. The minimum Gasteiger partial charge on any atom is -0.478 e. The number of hydrogen-bond acceptors (Lipinski definition) is 6. The average molecular weight is 496 g/mol. The van der Waals surface area contributed by atoms with Gasteiger partial charge >= 0.3 is 5.97 Å². The molecule has 0 aliphatic heterocycles. The number of rotatable bonds is 10. The molecule has 0 spiro atoms. The van der Waals surface area contributed by atoms with E-state index in [9.17, 15) is 14.4 Å². The van der Waals surface area contributed by atoms with Crippen molar-refractivity contribution >= 4 is 35.2 Å². The van der Waals surface area contributed by atoms with Crippen LogP contribution < -0.4 is 10.6 Å². The van der Waals surface area contributed by atoms with Crippen LogP contribution in [0.15, 0.2) is 53.7 Å². The number of aryl methyl sites for hydroxylation is 1. The summed E-state index contributed by atoms with van der Waals surface area (Å²) in [4.78, 5) is 36.3. The Balaban J connectivity index is 1.68. The van der Waals surface area contributed by atoms with E-state index in [1.807, 2.05) is 50.5 Å². The number of carbonyl (C=O) groups is 3. The molecule has 1 heterocycles. The molecular weight excluding hydrogens is 466 g/mol. The van der Waals surface area contributed by atoms with Crippen molar-refractivity contribution in [1.29, 1.82) is 0 Å². The smallest absolute Gasteiger partial charge is 0.335 e. The molecule has 0 radical (unpaired) electrons. The fourth-order valence-corrected chi connectivity index (χ4v) is 4.31. The maximum Gasteiger partial charge on any atom is 0.335 e. The van der Waals surface area contributed by atoms with Crippen LogP contribution in [0.25, 0.3) is 0 Å². The zero-order valence-electron chi connectivity index (χ0n) is 20.1. The van der Waals surface area contributed by atoms with Crippen LogP contribution in [0.1, 0.15) is 58.9 Å². The van der Waals surface area contributed by atoms with Gasteiger partial charge in [-0.15, -0.1) is 10.2 Å². The first-order chi connectivity index (χ1) is 16.7. The number of carboxylic acid groups (broad SMARTS) is 1. The first-order valence-electron chi connectivity index (χ1n) is 11.3. The minimum absolute atomic E-state index is 0.0631. The topological polar surface area (TPSA) is 126 Å². The SMILES string of the molecule is CCn1c(SCC(=O)Nc2ccc(C(=O)O)cc2)nnc1[C@@H](NC(=O)c1cccc(C)c1)C(C)C. The van der Waals surface area contributed by atoms with Gasteiger partial charge in [0.05, 0.1) is 17.4 Å². The number of anilines is 1. The number of hydrogen-bond donors (Lipinski definition) is 3. The molecule has 2 amide bonds. The molecule has 2 aromatic carbocycles. The van der Waals surface area contributed by atoms with Crippen molar-refractivity contribution in [3.05, 3.63) is 71.0 Å². The Kier molecular flexibility index (Phi) is 8.64. The molecule has 184 valence electrons. The van der Waals surface area contributed by atoms with E-state index >= 15 is 0 Å². The normalized spacial score (nSPS) is 11.8. The van der Waals surface area contributed by atoms with E-state index in [1.54, 1.807) is 18.2 Å². The summed E-state index contributed by atoms with van der Waals surface area (Å²) in [6.45, 7) is 8.49. The Hall–Kier alpha value is -3.66. The highest BCUT2D eigenvalue weighted by molar-refractivity contribution is 7.99. The molecule has 10 heteroatoms. The van der Waals surface area contributed by atoms with Gasteiger partial charge in [-0.3, -0.25) is 9.59 Å². The third kappa shape index (κ3) is 6.69. The van der Waals surface area contributed by atoms with Crippen molar-refractivity contribution in [1.82, 2.24) is 20.1 Å². The zero-order valence-corrected chi connectivity index (χ0v) is 20.9. The number of amides is 2. The lowest BCUT2D eigenvalue weighted by atomic mass is 10.0. The highest BCUT2D eigenvalue weighted by atomic mass is 32.2. The molecule has 0 bridgehead atoms. The van der Waals surface area contributed by atoms with Gasteiger partial charge in [0, 0.05) is 17.8 Å². The molecule has 35 heavy (non-hydrogen) atoms. The van der Waals surface area contributed by atoms with Crippen LogP contribution in [0.3, 0.4) is 0 Å². The number of carboxylic acids is 1. The summed E-state index contributed by atoms with van der Waals surface area (Å²) in [5, 5.41) is 24.0. The van der Waals surface area contributed by atoms with Gasteiger partial charge in [0.25, 0.3) is 5.91 Å². The largest absolute Gasteiger partial charge is 0.478 e. The van der Waals surface area contributed by atoms with Gasteiger partial charge < -0.3 is 20.3 Å². The van der Waals surface area contributed by atoms with Gasteiger partial charge in [-0.05, 0) is 56.2 Å². The monoisotopic (exact) mass is 495 g/mol. The number of benzene rings is 2. The molecular formula is C25H29N5O4S. The van der Waals surface area contributed by atoms with E-state index in [1.165, 1.54) is 23.9 Å². The lowest BCUT2D eigenvalue weighted by Crippen LogP contribution is -2.33. The quantitative estimate of drug-likeness (QED) is 0.361. The second-order valence-electron chi connectivity index (χ2n) is 8.37. The highest BCUT2D eigenvalue weighted by Gasteiger charge is 2.26. The van der Waals surface area contributed by atoms with Gasteiger partial charge in [0.2, 0.25) is 5.91 Å². The molecule has 9 nitrogen and oxygen atoms in total. The van der Waals surface area contributed by atoms with Crippen molar-refractivity contribution in [2.24, 2.45) is 5.92 Å². The second-order valence-corrected chi connectivity index (χ2v) is 9.31. The lowest BCUT2D eigenvalue weighted by Gasteiger charge is -2.22. The minimum atomic E-state index is -1.03. The molecule has 3 N–H and O–H groups in total. The highest BCUT2D eigenvalue weighted by Crippen LogP contribution is 2.26. The van der Waals surface area contributed by atoms with Crippen LogP contribution in [-0.4, -0.2) is 43.4 Å². The Bertz CT molecular complexity index is 1210. The van der Waals surface area contributed by atoms with Gasteiger partial charge in [-0.2, -0.15) is 0 Å². The van der Waals surface area contributed by atoms with Crippen molar-refractivity contribution in [3.8, 4) is 0 Å². The molecule has 3 rings (SSSR count). The first kappa shape index (κ1) is 26.0. The molecule has 0 fully saturated rings. The van der Waals surface area contributed by atoms with Crippen LogP contribution in [0.5, 0.6) is 0 Å². The number of nitrogens with zero attached hydrogens (tertiary/aromatic N) is 3. The summed E-state index contributed by atoms with van der Waals surface area (Å²) in [7, 11) is 0. The summed E-state index contributed by atoms with van der Waals surface area (Å²) in [5.74, 6) is -0.661. The molecule has 1 aromatic heterocycles. The fraction of sp³-hybridized carbons (Fsp3) is 0.320. The summed E-state index contributed by atoms with van der Waals surface area (Å²) in [6.07, 6.45) is 0. The van der Waals surface area contributed by atoms with Crippen LogP contribution in [0.4, 0.5) is 5.69 Å². The number of aromatic nitrogens is 3. The number of nitrogens with one attached hydrogen (secondary N) is 2. The van der Waals surface area contributed by atoms with Gasteiger partial charge in [-0.1, -0.05) is 43.3 Å². The first-order valence-corrected chi connectivity index (χ1v) is 12.2. The standard InChI is InChI=1S/C25H29N5O4S/c1-5-30-22(21(15(2)3)27-23(32)18-8-6-7-16(4)13-18)28-29-25(30)35-14-20(31)26-19-11-9-17(10-12-19)24(33)34/h6-13,15,21H,5,14H2,1-4H3,(H,26,31)(H,27,32)(H,33,34)/t21-/m0/s1. The summed E-state index contributed by atoms with van der Waals surface area (Å²) in [5.41, 5.74) is 2.25. The van der Waals surface area contributed by atoms with E-state index in [0.717, 1.165) is 5.56 Å². The Morgan fingerprint density at radius 3 is 2.37 bits per heavy atom. The second kappa shape index (κ2) is 11.7. The molecule has 0 aliphatic carbocycles. The van der Waals surface area contributed by atoms with Gasteiger partial charge in [0.15, 0.2) is 11.0 Å². The Morgan fingerprint density at radius 2 is 1.77 bits per heavy atom. The van der Waals surface area contributed by atoms with Gasteiger partial charge in [-0.25, -0.2) is 4.79 Å². The maximum absolute atomic E-state index is 12.9. The van der Waals surface area contributed by atoms with E-state index in [4.69, 9.17) is 5.11 Å².